The number of allylic oxidation sites excluding steroid dienone is 1. The predicted molar refractivity (Wildman–Crippen MR) is 51.6 cm³/mol. The number of halogens is 1. The van der Waals surface area contributed by atoms with Crippen molar-refractivity contribution >= 4 is 28.4 Å². The van der Waals surface area contributed by atoms with Gasteiger partial charge in [0.25, 0.3) is 0 Å². The van der Waals surface area contributed by atoms with Crippen LogP contribution in [0.15, 0.2) is 24.4 Å². The second-order valence-electron chi connectivity index (χ2n) is 2.05. The summed E-state index contributed by atoms with van der Waals surface area (Å²) in [5.41, 5.74) is 0.932. The number of alkyl halides is 1. The highest BCUT2D eigenvalue weighted by Gasteiger charge is 2.13. The molecule has 0 bridgehead atoms. The van der Waals surface area contributed by atoms with Gasteiger partial charge in [-0.05, 0) is 12.2 Å². The van der Waals surface area contributed by atoms with Gasteiger partial charge >= 0.3 is 0 Å². The van der Waals surface area contributed by atoms with Gasteiger partial charge in [0.05, 0.1) is 0 Å². The molecule has 0 radical (unpaired) electrons. The first-order chi connectivity index (χ1) is 4.75. The van der Waals surface area contributed by atoms with Gasteiger partial charge in [0.2, 0.25) is 0 Å². The molecule has 1 heterocycles. The Hall–Kier alpha value is -0.320. The Morgan fingerprint density at radius 1 is 1.60 bits per heavy atom. The molecule has 2 nitrogen and oxygen atoms in total. The highest BCUT2D eigenvalue weighted by Crippen LogP contribution is 2.12. The first-order valence-corrected chi connectivity index (χ1v) is 4.57. The largest absolute Gasteiger partial charge is 0.327 e. The minimum Gasteiger partial charge on any atom is -0.327 e. The Balaban J connectivity index is 2.60. The molecule has 1 rings (SSSR count). The summed E-state index contributed by atoms with van der Waals surface area (Å²) in [4.78, 5) is 1.90. The molecule has 0 unspecified atom stereocenters. The quantitative estimate of drug-likeness (QED) is 0.585. The predicted octanol–water partition coefficient (Wildman–Crippen LogP) is 1.78. The third-order valence-corrected chi connectivity index (χ3v) is 1.86. The van der Waals surface area contributed by atoms with E-state index in [1.54, 1.807) is 6.08 Å². The molecule has 10 heavy (non-hydrogen) atoms. The fourth-order valence-electron chi connectivity index (χ4n) is 0.858. The highest BCUT2D eigenvalue weighted by molar-refractivity contribution is 14.1. The molecule has 0 atom stereocenters. The summed E-state index contributed by atoms with van der Waals surface area (Å²) in [6.45, 7) is 4.69. The normalized spacial score (nSPS) is 17.1. The van der Waals surface area contributed by atoms with Crippen molar-refractivity contribution in [1.82, 2.24) is 4.90 Å². The number of hydrogen-bond donors (Lipinski definition) is 1. The lowest BCUT2D eigenvalue weighted by molar-refractivity contribution is 0.580. The average molecular weight is 248 g/mol. The summed E-state index contributed by atoms with van der Waals surface area (Å²) in [5.74, 6) is 0.557. The maximum Gasteiger partial charge on any atom is 0.125 e. The van der Waals surface area contributed by atoms with E-state index in [2.05, 4.69) is 29.2 Å². The fraction of sp³-hybridized carbons (Fsp3) is 0.286. The summed E-state index contributed by atoms with van der Waals surface area (Å²) in [6, 6.07) is 0. The van der Waals surface area contributed by atoms with Crippen LogP contribution in [0.3, 0.4) is 0 Å². The van der Waals surface area contributed by atoms with Crippen molar-refractivity contribution in [2.45, 2.75) is 0 Å². The molecule has 0 saturated carbocycles. The van der Waals surface area contributed by atoms with E-state index in [4.69, 9.17) is 5.41 Å². The third kappa shape index (κ3) is 1.39. The standard InChI is InChI=1S/C7H9IN2/c1-6-2-3-7(9)10(6)5-4-8/h2-3,9H,1,4-5H2. The SMILES string of the molecule is C=C1C=CC(=N)N1CCI. The fourth-order valence-corrected chi connectivity index (χ4v) is 1.34. The number of nitrogens with zero attached hydrogens (tertiary/aromatic N) is 1. The van der Waals surface area contributed by atoms with Crippen LogP contribution in [-0.2, 0) is 0 Å². The van der Waals surface area contributed by atoms with Crippen LogP contribution < -0.4 is 0 Å². The number of hydrogen-bond acceptors (Lipinski definition) is 1. The molecule has 0 fully saturated rings. The topological polar surface area (TPSA) is 27.1 Å². The van der Waals surface area contributed by atoms with Gasteiger partial charge in [-0.3, -0.25) is 5.41 Å². The maximum atomic E-state index is 7.41. The Bertz CT molecular complexity index is 178. The lowest BCUT2D eigenvalue weighted by Gasteiger charge is -2.16. The molecule has 54 valence electrons. The van der Waals surface area contributed by atoms with Crippen LogP contribution >= 0.6 is 22.6 Å². The molecule has 3 heteroatoms. The molecule has 1 aliphatic rings. The van der Waals surface area contributed by atoms with Crippen LogP contribution in [0.1, 0.15) is 0 Å². The van der Waals surface area contributed by atoms with Crippen LogP contribution in [-0.4, -0.2) is 21.7 Å². The van der Waals surface area contributed by atoms with Gasteiger partial charge in [-0.25, -0.2) is 0 Å². The molecule has 0 amide bonds. The van der Waals surface area contributed by atoms with E-state index < -0.39 is 0 Å². The zero-order valence-electron chi connectivity index (χ0n) is 5.60. The summed E-state index contributed by atoms with van der Waals surface area (Å²) in [7, 11) is 0. The van der Waals surface area contributed by atoms with E-state index in [-0.39, 0.29) is 0 Å². The summed E-state index contributed by atoms with van der Waals surface area (Å²) >= 11 is 2.29. The molecule has 1 aliphatic heterocycles. The Morgan fingerprint density at radius 2 is 2.30 bits per heavy atom. The summed E-state index contributed by atoms with van der Waals surface area (Å²) < 4.78 is 1.03. The van der Waals surface area contributed by atoms with Gasteiger partial charge in [0, 0.05) is 16.7 Å². The van der Waals surface area contributed by atoms with Gasteiger partial charge in [-0.1, -0.05) is 29.2 Å². The second-order valence-corrected chi connectivity index (χ2v) is 3.13. The maximum absolute atomic E-state index is 7.41. The third-order valence-electron chi connectivity index (χ3n) is 1.38. The zero-order valence-corrected chi connectivity index (χ0v) is 7.76. The van der Waals surface area contributed by atoms with Gasteiger partial charge in [-0.2, -0.15) is 0 Å². The number of amidine groups is 1. The van der Waals surface area contributed by atoms with Gasteiger partial charge in [0.1, 0.15) is 5.84 Å². The van der Waals surface area contributed by atoms with Crippen LogP contribution in [0, 0.1) is 5.41 Å². The van der Waals surface area contributed by atoms with Crippen molar-refractivity contribution in [2.24, 2.45) is 0 Å². The molecule has 1 N–H and O–H groups in total. The first kappa shape index (κ1) is 7.78. The minimum atomic E-state index is 0.557. The molecule has 0 spiro atoms. The molecule has 0 aliphatic carbocycles. The van der Waals surface area contributed by atoms with E-state index in [9.17, 15) is 0 Å². The Morgan fingerprint density at radius 3 is 2.70 bits per heavy atom. The Kier molecular flexibility index (Phi) is 2.48. The first-order valence-electron chi connectivity index (χ1n) is 3.04. The van der Waals surface area contributed by atoms with Crippen LogP contribution in [0.5, 0.6) is 0 Å². The van der Waals surface area contributed by atoms with Crippen molar-refractivity contribution in [2.75, 3.05) is 11.0 Å². The zero-order chi connectivity index (χ0) is 7.56. The van der Waals surface area contributed by atoms with Crippen molar-refractivity contribution in [3.8, 4) is 0 Å². The van der Waals surface area contributed by atoms with Gasteiger partial charge < -0.3 is 4.90 Å². The van der Waals surface area contributed by atoms with Crippen molar-refractivity contribution in [3.05, 3.63) is 24.4 Å². The molecular weight excluding hydrogens is 239 g/mol. The lowest BCUT2D eigenvalue weighted by atomic mass is 10.5. The van der Waals surface area contributed by atoms with Crippen molar-refractivity contribution in [1.29, 1.82) is 5.41 Å². The van der Waals surface area contributed by atoms with Crippen molar-refractivity contribution < 1.29 is 0 Å². The van der Waals surface area contributed by atoms with E-state index in [1.807, 2.05) is 11.0 Å². The van der Waals surface area contributed by atoms with Crippen LogP contribution in [0.25, 0.3) is 0 Å². The molecule has 0 aromatic heterocycles. The Labute approximate surface area is 74.3 Å². The molecule has 0 aromatic carbocycles. The monoisotopic (exact) mass is 248 g/mol. The van der Waals surface area contributed by atoms with Crippen LogP contribution in [0.2, 0.25) is 0 Å². The molecule has 0 saturated heterocycles. The van der Waals surface area contributed by atoms with Gasteiger partial charge in [-0.15, -0.1) is 0 Å². The lowest BCUT2D eigenvalue weighted by Crippen LogP contribution is -2.24. The summed E-state index contributed by atoms with van der Waals surface area (Å²) in [6.07, 6.45) is 3.64. The second kappa shape index (κ2) is 3.18. The summed E-state index contributed by atoms with van der Waals surface area (Å²) in [5, 5.41) is 7.41. The van der Waals surface area contributed by atoms with E-state index >= 15 is 0 Å². The minimum absolute atomic E-state index is 0.557. The van der Waals surface area contributed by atoms with E-state index in [0.29, 0.717) is 5.84 Å². The van der Waals surface area contributed by atoms with E-state index in [1.165, 1.54) is 0 Å². The molecule has 0 aromatic rings. The van der Waals surface area contributed by atoms with E-state index in [0.717, 1.165) is 16.7 Å². The number of nitrogens with one attached hydrogen (secondary N) is 1. The highest BCUT2D eigenvalue weighted by atomic mass is 127. The van der Waals surface area contributed by atoms with Gasteiger partial charge in [0.15, 0.2) is 0 Å². The number of rotatable bonds is 2. The smallest absolute Gasteiger partial charge is 0.125 e. The van der Waals surface area contributed by atoms with Crippen LogP contribution in [0.4, 0.5) is 0 Å². The van der Waals surface area contributed by atoms with Crippen molar-refractivity contribution in [3.63, 3.8) is 0 Å². The average Bonchev–Trinajstić information content (AvgIpc) is 2.20. The molecular formula is C7H9IN2.